The van der Waals surface area contributed by atoms with Crippen LogP contribution in [0.3, 0.4) is 0 Å². The van der Waals surface area contributed by atoms with Crippen LogP contribution in [0.2, 0.25) is 0 Å². The molecule has 3 aromatic carbocycles. The van der Waals surface area contributed by atoms with Gasteiger partial charge in [0.25, 0.3) is 0 Å². The van der Waals surface area contributed by atoms with Gasteiger partial charge in [0.05, 0.1) is 26.0 Å². The summed E-state index contributed by atoms with van der Waals surface area (Å²) in [6.07, 6.45) is 3.01. The maximum absolute atomic E-state index is 12.3. The van der Waals surface area contributed by atoms with Crippen molar-refractivity contribution in [1.29, 1.82) is 0 Å². The second kappa shape index (κ2) is 10.9. The Labute approximate surface area is 208 Å². The maximum Gasteiger partial charge on any atom is 0.306 e. The fourth-order valence-corrected chi connectivity index (χ4v) is 4.16. The third-order valence-corrected chi connectivity index (χ3v) is 5.88. The topological polar surface area (TPSA) is 71.1 Å². The summed E-state index contributed by atoms with van der Waals surface area (Å²) < 4.78 is 47.4. The Bertz CT molecular complexity index is 1330. The van der Waals surface area contributed by atoms with E-state index in [1.165, 1.54) is 19.8 Å². The fourth-order valence-electron chi connectivity index (χ4n) is 3.70. The molecule has 0 saturated carbocycles. The fraction of sp³-hybridized carbons (Fsp3) is 0.286. The van der Waals surface area contributed by atoms with Crippen molar-refractivity contribution in [1.82, 2.24) is 0 Å². The molecule has 0 spiro atoms. The lowest BCUT2D eigenvalue weighted by Gasteiger charge is -2.21. The summed E-state index contributed by atoms with van der Waals surface area (Å²) in [4.78, 5) is 0. The highest BCUT2D eigenvalue weighted by Gasteiger charge is 2.26. The van der Waals surface area contributed by atoms with Crippen LogP contribution in [0.5, 0.6) is 23.0 Å². The second-order valence-corrected chi connectivity index (χ2v) is 10.2. The Morgan fingerprint density at radius 3 is 2.06 bits per heavy atom. The number of rotatable bonds is 9. The molecule has 3 aromatic rings. The van der Waals surface area contributed by atoms with E-state index < -0.39 is 10.1 Å². The van der Waals surface area contributed by atoms with Crippen LogP contribution in [0.1, 0.15) is 25.0 Å². The van der Waals surface area contributed by atoms with Crippen LogP contribution in [0.15, 0.2) is 60.2 Å². The van der Waals surface area contributed by atoms with Crippen LogP contribution >= 0.6 is 0 Å². The Hall–Kier alpha value is -3.45. The molecule has 0 bridgehead atoms. The molecule has 0 saturated heterocycles. The zero-order valence-electron chi connectivity index (χ0n) is 21.3. The summed E-state index contributed by atoms with van der Waals surface area (Å²) in [6, 6.07) is 15.3. The molecule has 0 unspecified atom stereocenters. The summed E-state index contributed by atoms with van der Waals surface area (Å²) in [5.41, 5.74) is 5.85. The van der Waals surface area contributed by atoms with E-state index in [1.807, 2.05) is 82.3 Å². The van der Waals surface area contributed by atoms with Gasteiger partial charge >= 0.3 is 10.1 Å². The van der Waals surface area contributed by atoms with Gasteiger partial charge in [-0.1, -0.05) is 41.5 Å². The van der Waals surface area contributed by atoms with Crippen molar-refractivity contribution in [2.75, 3.05) is 27.1 Å². The molecule has 0 aliphatic heterocycles. The van der Waals surface area contributed by atoms with Gasteiger partial charge in [-0.05, 0) is 68.7 Å². The minimum Gasteiger partial charge on any atom is -0.496 e. The van der Waals surface area contributed by atoms with E-state index in [-0.39, 0.29) is 5.75 Å². The number of allylic oxidation sites excluding steroid dienone is 1. The lowest BCUT2D eigenvalue weighted by Crippen LogP contribution is -2.09. The third-order valence-electron chi connectivity index (χ3n) is 5.42. The van der Waals surface area contributed by atoms with Gasteiger partial charge in [0, 0.05) is 5.56 Å². The van der Waals surface area contributed by atoms with Crippen molar-refractivity contribution in [3.8, 4) is 45.3 Å². The zero-order valence-corrected chi connectivity index (χ0v) is 22.1. The first-order chi connectivity index (χ1) is 16.5. The summed E-state index contributed by atoms with van der Waals surface area (Å²) in [6.45, 7) is 8.43. The molecule has 0 aliphatic rings. The quantitative estimate of drug-likeness (QED) is 0.254. The summed E-state index contributed by atoms with van der Waals surface area (Å²) >= 11 is 0. The van der Waals surface area contributed by atoms with Gasteiger partial charge in [0.15, 0.2) is 11.5 Å². The van der Waals surface area contributed by atoms with Crippen molar-refractivity contribution in [3.63, 3.8) is 0 Å². The van der Waals surface area contributed by atoms with Gasteiger partial charge < -0.3 is 18.4 Å². The van der Waals surface area contributed by atoms with E-state index in [0.717, 1.165) is 28.7 Å². The molecule has 0 heterocycles. The average molecular weight is 497 g/mol. The average Bonchev–Trinajstić information content (AvgIpc) is 2.78. The summed E-state index contributed by atoms with van der Waals surface area (Å²) in [5.74, 6) is 1.57. The first kappa shape index (κ1) is 26.2. The van der Waals surface area contributed by atoms with E-state index in [4.69, 9.17) is 18.4 Å². The zero-order chi connectivity index (χ0) is 25.8. The standard InChI is InChI=1S/C28H32O6S/c1-18(2)14-15-33-24-13-12-22(16-20(24)4)26-25(31-5)17-23(21-10-8-19(3)9-11-21)27(32-6)28(26)34-35(7,29)30/h8-14,16-17H,15H2,1-7H3. The number of hydrogen-bond donors (Lipinski definition) is 0. The molecule has 0 aromatic heterocycles. The van der Waals surface area contributed by atoms with Crippen LogP contribution < -0.4 is 18.4 Å². The SMILES string of the molecule is COc1cc(-c2ccc(C)cc2)c(OC)c(OS(C)(=O)=O)c1-c1ccc(OCC=C(C)C)c(C)c1. The number of benzene rings is 3. The van der Waals surface area contributed by atoms with E-state index >= 15 is 0 Å². The molecule has 3 rings (SSSR count). The normalized spacial score (nSPS) is 11.1. The largest absolute Gasteiger partial charge is 0.496 e. The molecular weight excluding hydrogens is 464 g/mol. The maximum atomic E-state index is 12.3. The Morgan fingerprint density at radius 1 is 0.857 bits per heavy atom. The molecule has 0 radical (unpaired) electrons. The molecule has 0 N–H and O–H groups in total. The number of methoxy groups -OCH3 is 2. The molecule has 0 amide bonds. The third kappa shape index (κ3) is 6.36. The van der Waals surface area contributed by atoms with Gasteiger partial charge in [0.2, 0.25) is 0 Å². The number of ether oxygens (including phenoxy) is 3. The summed E-state index contributed by atoms with van der Waals surface area (Å²) in [5, 5.41) is 0. The van der Waals surface area contributed by atoms with Crippen molar-refractivity contribution < 1.29 is 26.8 Å². The first-order valence-corrected chi connectivity index (χ1v) is 13.0. The van der Waals surface area contributed by atoms with E-state index in [2.05, 4.69) is 0 Å². The van der Waals surface area contributed by atoms with E-state index in [1.54, 1.807) is 0 Å². The minimum atomic E-state index is -3.88. The van der Waals surface area contributed by atoms with E-state index in [9.17, 15) is 8.42 Å². The van der Waals surface area contributed by atoms with E-state index in [0.29, 0.717) is 34.8 Å². The molecule has 0 atom stereocenters. The van der Waals surface area contributed by atoms with Gasteiger partial charge in [-0.2, -0.15) is 8.42 Å². The first-order valence-electron chi connectivity index (χ1n) is 11.2. The predicted octanol–water partition coefficient (Wildman–Crippen LogP) is 6.34. The van der Waals surface area contributed by atoms with Crippen LogP contribution in [0.4, 0.5) is 0 Å². The van der Waals surface area contributed by atoms with Crippen LogP contribution in [0, 0.1) is 13.8 Å². The van der Waals surface area contributed by atoms with Crippen LogP contribution in [0.25, 0.3) is 22.3 Å². The van der Waals surface area contributed by atoms with Gasteiger partial charge in [-0.3, -0.25) is 0 Å². The monoisotopic (exact) mass is 496 g/mol. The highest BCUT2D eigenvalue weighted by Crippen LogP contribution is 2.51. The highest BCUT2D eigenvalue weighted by atomic mass is 32.2. The predicted molar refractivity (Wildman–Crippen MR) is 140 cm³/mol. The number of hydrogen-bond acceptors (Lipinski definition) is 6. The highest BCUT2D eigenvalue weighted by molar-refractivity contribution is 7.86. The Kier molecular flexibility index (Phi) is 8.12. The van der Waals surface area contributed by atoms with Crippen molar-refractivity contribution in [3.05, 3.63) is 71.3 Å². The van der Waals surface area contributed by atoms with Crippen molar-refractivity contribution in [2.24, 2.45) is 0 Å². The van der Waals surface area contributed by atoms with Gasteiger partial charge in [-0.25, -0.2) is 0 Å². The second-order valence-electron chi connectivity index (χ2n) is 8.59. The molecule has 0 aliphatic carbocycles. The van der Waals surface area contributed by atoms with Gasteiger partial charge in [-0.15, -0.1) is 0 Å². The Morgan fingerprint density at radius 2 is 1.51 bits per heavy atom. The molecule has 186 valence electrons. The molecule has 0 fully saturated rings. The van der Waals surface area contributed by atoms with Crippen LogP contribution in [-0.4, -0.2) is 35.5 Å². The minimum absolute atomic E-state index is 0.0718. The molecular formula is C28H32O6S. The number of aryl methyl sites for hydroxylation is 2. The van der Waals surface area contributed by atoms with Crippen molar-refractivity contribution >= 4 is 10.1 Å². The molecule has 6 nitrogen and oxygen atoms in total. The van der Waals surface area contributed by atoms with Crippen LogP contribution in [-0.2, 0) is 10.1 Å². The molecule has 35 heavy (non-hydrogen) atoms. The smallest absolute Gasteiger partial charge is 0.306 e. The summed E-state index contributed by atoms with van der Waals surface area (Å²) in [7, 11) is -0.846. The lowest BCUT2D eigenvalue weighted by molar-refractivity contribution is 0.359. The lowest BCUT2D eigenvalue weighted by atomic mass is 9.95. The molecule has 7 heteroatoms. The van der Waals surface area contributed by atoms with Crippen molar-refractivity contribution in [2.45, 2.75) is 27.7 Å². The Balaban J connectivity index is 2.24. The van der Waals surface area contributed by atoms with Gasteiger partial charge in [0.1, 0.15) is 18.1 Å².